The van der Waals surface area contributed by atoms with Crippen molar-refractivity contribution in [1.82, 2.24) is 4.90 Å². The fourth-order valence-corrected chi connectivity index (χ4v) is 5.40. The predicted octanol–water partition coefficient (Wildman–Crippen LogP) is 0.798. The van der Waals surface area contributed by atoms with Gasteiger partial charge < -0.3 is 5.11 Å². The van der Waals surface area contributed by atoms with Crippen molar-refractivity contribution in [2.45, 2.75) is 24.8 Å². The van der Waals surface area contributed by atoms with E-state index in [0.717, 1.165) is 25.1 Å². The van der Waals surface area contributed by atoms with Crippen molar-refractivity contribution >= 4 is 9.84 Å². The van der Waals surface area contributed by atoms with Gasteiger partial charge in [-0.15, -0.1) is 0 Å². The summed E-state index contributed by atoms with van der Waals surface area (Å²) >= 11 is 0. The van der Waals surface area contributed by atoms with Gasteiger partial charge in [0, 0.05) is 19.6 Å². The number of likely N-dealkylation sites (tertiary alicyclic amines) is 1. The van der Waals surface area contributed by atoms with Crippen molar-refractivity contribution in [3.8, 4) is 0 Å². The highest BCUT2D eigenvalue weighted by Gasteiger charge is 2.45. The molecule has 1 N–H and O–H groups in total. The molecule has 3 rings (SSSR count). The highest BCUT2D eigenvalue weighted by atomic mass is 32.2. The highest BCUT2D eigenvalue weighted by Crippen LogP contribution is 2.34. The Morgan fingerprint density at radius 2 is 1.84 bits per heavy atom. The van der Waals surface area contributed by atoms with E-state index in [4.69, 9.17) is 5.11 Å². The first-order valence-corrected chi connectivity index (χ1v) is 8.42. The van der Waals surface area contributed by atoms with E-state index < -0.39 is 9.84 Å². The normalized spacial score (nSPS) is 29.5. The Morgan fingerprint density at radius 3 is 2.47 bits per heavy atom. The van der Waals surface area contributed by atoms with Crippen molar-refractivity contribution in [3.63, 3.8) is 0 Å². The SMILES string of the molecule is O=S1(=O)CC[C@H]2CN(Cc3ccc(CO)cc3)C[C@H]21. The van der Waals surface area contributed by atoms with Gasteiger partial charge in [-0.3, -0.25) is 4.90 Å². The van der Waals surface area contributed by atoms with Crippen LogP contribution in [0, 0.1) is 5.92 Å². The third-order valence-corrected chi connectivity index (χ3v) is 6.56. The molecule has 0 saturated carbocycles. The second kappa shape index (κ2) is 4.89. The fourth-order valence-electron chi connectivity index (χ4n) is 3.22. The molecule has 0 amide bonds. The van der Waals surface area contributed by atoms with E-state index >= 15 is 0 Å². The van der Waals surface area contributed by atoms with Crippen LogP contribution in [0.2, 0.25) is 0 Å². The van der Waals surface area contributed by atoms with Gasteiger partial charge >= 0.3 is 0 Å². The average Bonchev–Trinajstić information content (AvgIpc) is 2.92. The van der Waals surface area contributed by atoms with E-state index in [-0.39, 0.29) is 11.9 Å². The number of rotatable bonds is 3. The van der Waals surface area contributed by atoms with E-state index in [9.17, 15) is 8.42 Å². The molecule has 1 aromatic carbocycles. The quantitative estimate of drug-likeness (QED) is 0.890. The maximum absolute atomic E-state index is 11.9. The molecule has 0 aliphatic carbocycles. The van der Waals surface area contributed by atoms with Crippen LogP contribution >= 0.6 is 0 Å². The summed E-state index contributed by atoms with van der Waals surface area (Å²) < 4.78 is 23.7. The number of aliphatic hydroxyl groups excluding tert-OH is 1. The Balaban J connectivity index is 1.66. The van der Waals surface area contributed by atoms with Gasteiger partial charge in [0.05, 0.1) is 17.6 Å². The van der Waals surface area contributed by atoms with Crippen molar-refractivity contribution in [2.75, 3.05) is 18.8 Å². The Bertz CT molecular complexity index is 553. The zero-order valence-corrected chi connectivity index (χ0v) is 11.6. The second-order valence-electron chi connectivity index (χ2n) is 5.62. The number of sulfone groups is 1. The summed E-state index contributed by atoms with van der Waals surface area (Å²) in [6, 6.07) is 7.86. The molecule has 19 heavy (non-hydrogen) atoms. The van der Waals surface area contributed by atoms with Crippen LogP contribution in [0.4, 0.5) is 0 Å². The number of benzene rings is 1. The van der Waals surface area contributed by atoms with Crippen LogP contribution in [0.3, 0.4) is 0 Å². The first kappa shape index (κ1) is 13.1. The van der Waals surface area contributed by atoms with E-state index in [2.05, 4.69) is 4.90 Å². The summed E-state index contributed by atoms with van der Waals surface area (Å²) in [6.07, 6.45) is 0.826. The van der Waals surface area contributed by atoms with Crippen LogP contribution in [-0.4, -0.2) is 42.5 Å². The molecule has 2 saturated heterocycles. The van der Waals surface area contributed by atoms with Crippen LogP contribution in [0.15, 0.2) is 24.3 Å². The van der Waals surface area contributed by atoms with E-state index in [1.54, 1.807) is 0 Å². The zero-order valence-electron chi connectivity index (χ0n) is 10.8. The third-order valence-electron chi connectivity index (χ3n) is 4.30. The number of hydrogen-bond donors (Lipinski definition) is 1. The standard InChI is InChI=1S/C14H19NO3S/c16-10-12-3-1-11(2-4-12)7-15-8-13-5-6-19(17,18)14(13)9-15/h1-4,13-14,16H,5-10H2/t13-,14+/m0/s1. The predicted molar refractivity (Wildman–Crippen MR) is 73.3 cm³/mol. The van der Waals surface area contributed by atoms with E-state index in [1.165, 1.54) is 5.56 Å². The van der Waals surface area contributed by atoms with Crippen LogP contribution in [0.5, 0.6) is 0 Å². The van der Waals surface area contributed by atoms with Gasteiger partial charge in [-0.2, -0.15) is 0 Å². The molecule has 0 radical (unpaired) electrons. The minimum Gasteiger partial charge on any atom is -0.392 e. The minimum atomic E-state index is -2.83. The van der Waals surface area contributed by atoms with Crippen LogP contribution < -0.4 is 0 Å². The Kier molecular flexibility index (Phi) is 3.37. The molecule has 2 aliphatic heterocycles. The first-order chi connectivity index (χ1) is 9.08. The first-order valence-electron chi connectivity index (χ1n) is 6.71. The summed E-state index contributed by atoms with van der Waals surface area (Å²) in [6.45, 7) is 2.43. The van der Waals surface area contributed by atoms with E-state index in [1.807, 2.05) is 24.3 Å². The minimum absolute atomic E-state index is 0.0619. The second-order valence-corrected chi connectivity index (χ2v) is 7.96. The summed E-state index contributed by atoms with van der Waals surface area (Å²) in [5.74, 6) is 0.711. The van der Waals surface area contributed by atoms with Crippen LogP contribution in [-0.2, 0) is 23.0 Å². The largest absolute Gasteiger partial charge is 0.392 e. The molecule has 2 fully saturated rings. The Hall–Kier alpha value is -0.910. The van der Waals surface area contributed by atoms with Gasteiger partial charge in [0.25, 0.3) is 0 Å². The van der Waals surface area contributed by atoms with Gasteiger partial charge in [-0.25, -0.2) is 8.42 Å². The highest BCUT2D eigenvalue weighted by molar-refractivity contribution is 7.92. The van der Waals surface area contributed by atoms with Crippen LogP contribution in [0.25, 0.3) is 0 Å². The topological polar surface area (TPSA) is 57.6 Å². The fraction of sp³-hybridized carbons (Fsp3) is 0.571. The molecule has 2 atom stereocenters. The van der Waals surface area contributed by atoms with Crippen molar-refractivity contribution < 1.29 is 13.5 Å². The monoisotopic (exact) mass is 281 g/mol. The maximum Gasteiger partial charge on any atom is 0.154 e. The van der Waals surface area contributed by atoms with Gasteiger partial charge in [0.2, 0.25) is 0 Å². The van der Waals surface area contributed by atoms with Gasteiger partial charge in [-0.05, 0) is 23.5 Å². The average molecular weight is 281 g/mol. The molecule has 2 aliphatic rings. The molecule has 0 bridgehead atoms. The van der Waals surface area contributed by atoms with E-state index in [0.29, 0.717) is 18.2 Å². The van der Waals surface area contributed by atoms with Gasteiger partial charge in [-0.1, -0.05) is 24.3 Å². The molecule has 5 heteroatoms. The maximum atomic E-state index is 11.9. The zero-order chi connectivity index (χ0) is 13.5. The molecule has 104 valence electrons. The third kappa shape index (κ3) is 2.55. The number of fused-ring (bicyclic) bond motifs is 1. The molecule has 0 unspecified atom stereocenters. The van der Waals surface area contributed by atoms with Gasteiger partial charge in [0.1, 0.15) is 0 Å². The molecular weight excluding hydrogens is 262 g/mol. The molecule has 0 aromatic heterocycles. The lowest BCUT2D eigenvalue weighted by molar-refractivity contribution is 0.281. The van der Waals surface area contributed by atoms with Crippen molar-refractivity contribution in [3.05, 3.63) is 35.4 Å². The van der Waals surface area contributed by atoms with Crippen molar-refractivity contribution in [2.24, 2.45) is 5.92 Å². The molecule has 1 aromatic rings. The summed E-state index contributed by atoms with van der Waals surface area (Å²) in [4.78, 5) is 2.24. The van der Waals surface area contributed by atoms with Crippen LogP contribution in [0.1, 0.15) is 17.5 Å². The number of hydrogen-bond acceptors (Lipinski definition) is 4. The molecule has 4 nitrogen and oxygen atoms in total. The van der Waals surface area contributed by atoms with Gasteiger partial charge in [0.15, 0.2) is 9.84 Å². The smallest absolute Gasteiger partial charge is 0.154 e. The number of nitrogens with zero attached hydrogens (tertiary/aromatic N) is 1. The lowest BCUT2D eigenvalue weighted by atomic mass is 10.1. The lowest BCUT2D eigenvalue weighted by Crippen LogP contribution is -2.26. The Morgan fingerprint density at radius 1 is 1.16 bits per heavy atom. The lowest BCUT2D eigenvalue weighted by Gasteiger charge is -2.16. The molecule has 2 heterocycles. The summed E-state index contributed by atoms with van der Waals surface area (Å²) in [7, 11) is -2.83. The molecular formula is C14H19NO3S. The van der Waals surface area contributed by atoms with Crippen molar-refractivity contribution in [1.29, 1.82) is 0 Å². The summed E-state index contributed by atoms with van der Waals surface area (Å²) in [5.41, 5.74) is 2.08. The Labute approximate surface area is 114 Å². The molecule has 0 spiro atoms. The number of aliphatic hydroxyl groups is 1. The summed E-state index contributed by atoms with van der Waals surface area (Å²) in [5, 5.41) is 8.87.